The molecule has 0 aliphatic carbocycles. The average molecular weight is 292 g/mol. The fourth-order valence-electron chi connectivity index (χ4n) is 1.53. The molecule has 0 aliphatic rings. The zero-order valence-corrected chi connectivity index (χ0v) is 11.3. The Morgan fingerprint density at radius 1 is 1.20 bits per heavy atom. The molecular weight excluding hydrogens is 280 g/mol. The van der Waals surface area contributed by atoms with Crippen molar-refractivity contribution < 1.29 is 19.8 Å². The Balaban J connectivity index is 2.07. The van der Waals surface area contributed by atoms with E-state index in [0.717, 1.165) is 11.3 Å². The van der Waals surface area contributed by atoms with E-state index in [2.05, 4.69) is 10.6 Å². The fourth-order valence-corrected chi connectivity index (χ4v) is 2.30. The minimum Gasteiger partial charge on any atom is -0.508 e. The van der Waals surface area contributed by atoms with E-state index in [4.69, 9.17) is 5.11 Å². The molecule has 2 rings (SSSR count). The second-order valence-corrected chi connectivity index (χ2v) is 4.97. The van der Waals surface area contributed by atoms with Gasteiger partial charge in [-0.2, -0.15) is 0 Å². The number of urea groups is 1. The molecule has 104 valence electrons. The van der Waals surface area contributed by atoms with Crippen LogP contribution in [0.4, 0.5) is 15.5 Å². The van der Waals surface area contributed by atoms with Crippen molar-refractivity contribution in [3.8, 4) is 5.75 Å². The number of carbonyl (C=O) groups excluding carboxylic acids is 1. The van der Waals surface area contributed by atoms with Crippen molar-refractivity contribution in [1.29, 1.82) is 0 Å². The number of phenols is 1. The summed E-state index contributed by atoms with van der Waals surface area (Å²) in [5.74, 6) is -1.03. The van der Waals surface area contributed by atoms with Crippen molar-refractivity contribution in [1.82, 2.24) is 0 Å². The van der Waals surface area contributed by atoms with Gasteiger partial charge in [0, 0.05) is 11.8 Å². The maximum Gasteiger partial charge on any atom is 0.338 e. The average Bonchev–Trinajstić information content (AvgIpc) is 2.82. The van der Waals surface area contributed by atoms with Gasteiger partial charge in [0.25, 0.3) is 0 Å². The molecule has 1 aromatic heterocycles. The van der Waals surface area contributed by atoms with Gasteiger partial charge in [-0.1, -0.05) is 6.07 Å². The largest absolute Gasteiger partial charge is 0.508 e. The minimum absolute atomic E-state index is 0.0388. The van der Waals surface area contributed by atoms with Gasteiger partial charge in [0.15, 0.2) is 0 Å². The predicted octanol–water partition coefficient (Wildman–Crippen LogP) is 3.10. The van der Waals surface area contributed by atoms with Crippen molar-refractivity contribution in [3.05, 3.63) is 40.8 Å². The maximum atomic E-state index is 11.8. The quantitative estimate of drug-likeness (QED) is 0.698. The third-order valence-corrected chi connectivity index (χ3v) is 3.42. The number of thiophene rings is 1. The van der Waals surface area contributed by atoms with Crippen LogP contribution in [0.2, 0.25) is 0 Å². The van der Waals surface area contributed by atoms with Gasteiger partial charge in [-0.05, 0) is 30.0 Å². The highest BCUT2D eigenvalue weighted by Gasteiger charge is 2.14. The highest BCUT2D eigenvalue weighted by Crippen LogP contribution is 2.24. The number of carbonyl (C=O) groups is 2. The number of aromatic carboxylic acids is 1. The summed E-state index contributed by atoms with van der Waals surface area (Å²) in [5, 5.41) is 25.3. The van der Waals surface area contributed by atoms with Crippen LogP contribution in [-0.2, 0) is 0 Å². The van der Waals surface area contributed by atoms with Crippen LogP contribution in [0.5, 0.6) is 5.75 Å². The molecule has 20 heavy (non-hydrogen) atoms. The van der Waals surface area contributed by atoms with Crippen LogP contribution >= 0.6 is 11.3 Å². The van der Waals surface area contributed by atoms with Gasteiger partial charge in [0.1, 0.15) is 10.8 Å². The van der Waals surface area contributed by atoms with Crippen LogP contribution in [0, 0.1) is 6.92 Å². The van der Waals surface area contributed by atoms with E-state index in [-0.39, 0.29) is 16.3 Å². The summed E-state index contributed by atoms with van der Waals surface area (Å²) in [4.78, 5) is 22.7. The monoisotopic (exact) mass is 292 g/mol. The number of nitrogens with one attached hydrogen (secondary N) is 2. The fraction of sp³-hybridized carbons (Fsp3) is 0.0769. The lowest BCUT2D eigenvalue weighted by Crippen LogP contribution is -2.20. The molecule has 0 unspecified atom stereocenters. The van der Waals surface area contributed by atoms with Gasteiger partial charge >= 0.3 is 12.0 Å². The van der Waals surface area contributed by atoms with Gasteiger partial charge in [0.05, 0.1) is 5.56 Å². The molecule has 0 fully saturated rings. The zero-order chi connectivity index (χ0) is 14.7. The summed E-state index contributed by atoms with van der Waals surface area (Å²) in [6.07, 6.45) is 0. The third-order valence-electron chi connectivity index (χ3n) is 2.59. The topological polar surface area (TPSA) is 98.7 Å². The molecule has 0 bridgehead atoms. The normalized spacial score (nSPS) is 10.1. The Labute approximate surface area is 118 Å². The van der Waals surface area contributed by atoms with Crippen LogP contribution in [0.15, 0.2) is 29.6 Å². The van der Waals surface area contributed by atoms with E-state index >= 15 is 0 Å². The molecule has 0 radical (unpaired) electrons. The van der Waals surface area contributed by atoms with Crippen molar-refractivity contribution in [2.45, 2.75) is 6.92 Å². The van der Waals surface area contributed by atoms with Gasteiger partial charge in [-0.3, -0.25) is 5.32 Å². The van der Waals surface area contributed by atoms with Crippen LogP contribution in [-0.4, -0.2) is 22.2 Å². The lowest BCUT2D eigenvalue weighted by atomic mass is 10.2. The Kier molecular flexibility index (Phi) is 3.90. The summed E-state index contributed by atoms with van der Waals surface area (Å²) in [5.41, 5.74) is 1.15. The van der Waals surface area contributed by atoms with Gasteiger partial charge in [-0.15, -0.1) is 11.3 Å². The Bertz CT molecular complexity index is 666. The Hall–Kier alpha value is -2.54. The second kappa shape index (κ2) is 5.62. The zero-order valence-electron chi connectivity index (χ0n) is 10.5. The minimum atomic E-state index is -1.10. The smallest absolute Gasteiger partial charge is 0.338 e. The molecule has 0 saturated carbocycles. The second-order valence-electron chi connectivity index (χ2n) is 4.05. The third kappa shape index (κ3) is 3.07. The van der Waals surface area contributed by atoms with Crippen molar-refractivity contribution in [3.63, 3.8) is 0 Å². The number of benzene rings is 1. The van der Waals surface area contributed by atoms with Crippen molar-refractivity contribution >= 4 is 34.0 Å². The van der Waals surface area contributed by atoms with E-state index in [1.54, 1.807) is 24.4 Å². The van der Waals surface area contributed by atoms with Gasteiger partial charge < -0.3 is 15.5 Å². The molecule has 0 saturated heterocycles. The Morgan fingerprint density at radius 3 is 2.60 bits per heavy atom. The van der Waals surface area contributed by atoms with E-state index < -0.39 is 12.0 Å². The number of phenolic OH excluding ortho intramolecular Hbond substituents is 1. The molecule has 6 nitrogen and oxygen atoms in total. The van der Waals surface area contributed by atoms with E-state index in [9.17, 15) is 14.7 Å². The molecule has 2 amide bonds. The summed E-state index contributed by atoms with van der Waals surface area (Å²) in [7, 11) is 0. The Morgan fingerprint density at radius 2 is 1.95 bits per heavy atom. The number of hydrogen-bond acceptors (Lipinski definition) is 4. The summed E-state index contributed by atoms with van der Waals surface area (Å²) in [6, 6.07) is 5.57. The summed E-state index contributed by atoms with van der Waals surface area (Å²) < 4.78 is 0. The molecule has 0 atom stereocenters. The number of amides is 2. The number of anilines is 2. The molecule has 4 N–H and O–H groups in total. The number of rotatable bonds is 3. The van der Waals surface area contributed by atoms with Crippen molar-refractivity contribution in [2.24, 2.45) is 0 Å². The first-order valence-electron chi connectivity index (χ1n) is 5.66. The van der Waals surface area contributed by atoms with E-state index in [1.165, 1.54) is 12.1 Å². The molecule has 1 aromatic carbocycles. The molecular formula is C13H12N2O4S. The first kappa shape index (κ1) is 13.9. The van der Waals surface area contributed by atoms with Crippen LogP contribution in [0.1, 0.15) is 15.9 Å². The van der Waals surface area contributed by atoms with Crippen LogP contribution < -0.4 is 10.6 Å². The summed E-state index contributed by atoms with van der Waals surface area (Å²) in [6.45, 7) is 1.74. The van der Waals surface area contributed by atoms with Gasteiger partial charge in [0.2, 0.25) is 0 Å². The first-order valence-corrected chi connectivity index (χ1v) is 6.53. The number of carboxylic acids is 1. The van der Waals surface area contributed by atoms with E-state index in [0.29, 0.717) is 11.3 Å². The number of aromatic hydroxyl groups is 1. The SMILES string of the molecule is Cc1ccc(NC(=O)Nc2sccc2C(=O)O)cc1O. The van der Waals surface area contributed by atoms with Gasteiger partial charge in [-0.25, -0.2) is 9.59 Å². The lowest BCUT2D eigenvalue weighted by molar-refractivity contribution is 0.0698. The predicted molar refractivity (Wildman–Crippen MR) is 76.8 cm³/mol. The highest BCUT2D eigenvalue weighted by molar-refractivity contribution is 7.14. The number of aryl methyl sites for hydroxylation is 1. The van der Waals surface area contributed by atoms with E-state index in [1.807, 2.05) is 0 Å². The standard InChI is InChI=1S/C13H12N2O4S/c1-7-2-3-8(6-10(7)16)14-13(19)15-11-9(12(17)18)4-5-20-11/h2-6,16H,1H3,(H,17,18)(H2,14,15,19). The van der Waals surface area contributed by atoms with Crippen molar-refractivity contribution in [2.75, 3.05) is 10.6 Å². The number of carboxylic acid groups (broad SMARTS) is 1. The number of hydrogen-bond donors (Lipinski definition) is 4. The summed E-state index contributed by atoms with van der Waals surface area (Å²) >= 11 is 1.12. The first-order chi connectivity index (χ1) is 9.47. The highest BCUT2D eigenvalue weighted by atomic mass is 32.1. The van der Waals surface area contributed by atoms with Crippen LogP contribution in [0.25, 0.3) is 0 Å². The molecule has 7 heteroatoms. The van der Waals surface area contributed by atoms with Crippen LogP contribution in [0.3, 0.4) is 0 Å². The molecule has 2 aromatic rings. The lowest BCUT2D eigenvalue weighted by Gasteiger charge is -2.08. The molecule has 0 aliphatic heterocycles. The molecule has 1 heterocycles. The maximum absolute atomic E-state index is 11.8. The molecule has 0 spiro atoms.